The minimum Gasteiger partial charge on any atom is -0.465 e. The highest BCUT2D eigenvalue weighted by molar-refractivity contribution is 6.02. The first-order valence-electron chi connectivity index (χ1n) is 6.88. The van der Waals surface area contributed by atoms with Crippen molar-refractivity contribution < 1.29 is 9.53 Å². The van der Waals surface area contributed by atoms with Gasteiger partial charge in [-0.05, 0) is 46.5 Å². The van der Waals surface area contributed by atoms with Crippen LogP contribution in [0.15, 0.2) is 60.7 Å². The summed E-state index contributed by atoms with van der Waals surface area (Å²) >= 11 is 0. The molecule has 3 rings (SSSR count). The summed E-state index contributed by atoms with van der Waals surface area (Å²) in [6.07, 6.45) is 0. The zero-order valence-corrected chi connectivity index (χ0v) is 12.1. The number of carbonyl (C=O) groups excluding carboxylic acids is 1. The number of hydrogen-bond donors (Lipinski definition) is 0. The molecule has 0 spiro atoms. The minimum absolute atomic E-state index is 0.309. The molecule has 0 saturated carbocycles. The largest absolute Gasteiger partial charge is 0.465 e. The second-order valence-corrected chi connectivity index (χ2v) is 5.05. The topological polar surface area (TPSA) is 26.3 Å². The lowest BCUT2D eigenvalue weighted by atomic mass is 9.94. The predicted molar refractivity (Wildman–Crippen MR) is 85.5 cm³/mol. The van der Waals surface area contributed by atoms with Crippen LogP contribution in [0.4, 0.5) is 0 Å². The average molecular weight is 276 g/mol. The molecule has 3 aromatic rings. The molecule has 0 saturated heterocycles. The van der Waals surface area contributed by atoms with Crippen molar-refractivity contribution >= 4 is 16.7 Å². The van der Waals surface area contributed by atoms with Crippen LogP contribution in [0.25, 0.3) is 21.9 Å². The fourth-order valence-corrected chi connectivity index (χ4v) is 2.63. The summed E-state index contributed by atoms with van der Waals surface area (Å²) < 4.78 is 4.82. The molecule has 0 aliphatic rings. The lowest BCUT2D eigenvalue weighted by Gasteiger charge is -2.10. The van der Waals surface area contributed by atoms with Crippen molar-refractivity contribution in [1.29, 1.82) is 0 Å². The highest BCUT2D eigenvalue weighted by Gasteiger charge is 2.10. The molecule has 0 fully saturated rings. The van der Waals surface area contributed by atoms with Crippen LogP contribution in [-0.4, -0.2) is 13.1 Å². The van der Waals surface area contributed by atoms with E-state index in [1.165, 1.54) is 18.2 Å². The molecule has 2 heteroatoms. The highest BCUT2D eigenvalue weighted by Crippen LogP contribution is 2.31. The van der Waals surface area contributed by atoms with E-state index in [2.05, 4.69) is 31.2 Å². The van der Waals surface area contributed by atoms with Gasteiger partial charge in [0.15, 0.2) is 0 Å². The van der Waals surface area contributed by atoms with Crippen LogP contribution in [0.1, 0.15) is 15.9 Å². The number of methoxy groups -OCH3 is 1. The summed E-state index contributed by atoms with van der Waals surface area (Å²) in [7, 11) is 1.40. The van der Waals surface area contributed by atoms with E-state index in [0.717, 1.165) is 16.3 Å². The molecular weight excluding hydrogens is 260 g/mol. The number of benzene rings is 3. The van der Waals surface area contributed by atoms with Crippen molar-refractivity contribution in [3.05, 3.63) is 71.8 Å². The molecule has 0 unspecified atom stereocenters. The number of ether oxygens (including phenoxy) is 1. The summed E-state index contributed by atoms with van der Waals surface area (Å²) in [6.45, 7) is 2.10. The lowest BCUT2D eigenvalue weighted by molar-refractivity contribution is 0.0601. The van der Waals surface area contributed by atoms with Gasteiger partial charge in [-0.3, -0.25) is 0 Å². The Hall–Kier alpha value is -2.61. The third-order valence-electron chi connectivity index (χ3n) is 3.74. The van der Waals surface area contributed by atoms with Crippen LogP contribution in [0, 0.1) is 6.92 Å². The van der Waals surface area contributed by atoms with Gasteiger partial charge >= 0.3 is 5.97 Å². The third-order valence-corrected chi connectivity index (χ3v) is 3.74. The number of rotatable bonds is 2. The number of hydrogen-bond acceptors (Lipinski definition) is 2. The van der Waals surface area contributed by atoms with E-state index in [4.69, 9.17) is 4.74 Å². The SMILES string of the molecule is COC(=O)c1ccc2cccc(-c3ccccc3C)c2c1. The van der Waals surface area contributed by atoms with E-state index < -0.39 is 0 Å². The third kappa shape index (κ3) is 2.40. The molecule has 0 bridgehead atoms. The smallest absolute Gasteiger partial charge is 0.337 e. The van der Waals surface area contributed by atoms with Crippen molar-refractivity contribution in [2.45, 2.75) is 6.92 Å². The monoisotopic (exact) mass is 276 g/mol. The first kappa shape index (κ1) is 13.4. The molecule has 0 heterocycles. The van der Waals surface area contributed by atoms with E-state index in [9.17, 15) is 4.79 Å². The van der Waals surface area contributed by atoms with Crippen molar-refractivity contribution in [1.82, 2.24) is 0 Å². The molecule has 104 valence electrons. The van der Waals surface area contributed by atoms with E-state index >= 15 is 0 Å². The van der Waals surface area contributed by atoms with E-state index in [1.807, 2.05) is 30.3 Å². The van der Waals surface area contributed by atoms with Crippen LogP contribution in [-0.2, 0) is 4.74 Å². The summed E-state index contributed by atoms with van der Waals surface area (Å²) in [6, 6.07) is 20.1. The maximum atomic E-state index is 11.7. The van der Waals surface area contributed by atoms with Gasteiger partial charge in [-0.2, -0.15) is 0 Å². The van der Waals surface area contributed by atoms with E-state index in [-0.39, 0.29) is 5.97 Å². The molecule has 0 aromatic heterocycles. The van der Waals surface area contributed by atoms with Crippen molar-refractivity contribution in [2.75, 3.05) is 7.11 Å². The summed E-state index contributed by atoms with van der Waals surface area (Å²) in [5.41, 5.74) is 4.11. The van der Waals surface area contributed by atoms with Gasteiger partial charge in [0.25, 0.3) is 0 Å². The average Bonchev–Trinajstić information content (AvgIpc) is 2.53. The van der Waals surface area contributed by atoms with Gasteiger partial charge in [0, 0.05) is 0 Å². The summed E-state index contributed by atoms with van der Waals surface area (Å²) in [4.78, 5) is 11.7. The van der Waals surface area contributed by atoms with Gasteiger partial charge in [-0.15, -0.1) is 0 Å². The number of esters is 1. The minimum atomic E-state index is -0.309. The second-order valence-electron chi connectivity index (χ2n) is 5.05. The van der Waals surface area contributed by atoms with Gasteiger partial charge < -0.3 is 4.74 Å². The molecule has 3 aromatic carbocycles. The van der Waals surface area contributed by atoms with Gasteiger partial charge in [0.1, 0.15) is 0 Å². The van der Waals surface area contributed by atoms with Crippen molar-refractivity contribution in [3.63, 3.8) is 0 Å². The molecule has 2 nitrogen and oxygen atoms in total. The van der Waals surface area contributed by atoms with Gasteiger partial charge in [-0.1, -0.05) is 48.5 Å². The quantitative estimate of drug-likeness (QED) is 0.639. The number of aryl methyl sites for hydroxylation is 1. The zero-order valence-electron chi connectivity index (χ0n) is 12.1. The molecular formula is C19H16O2. The van der Waals surface area contributed by atoms with E-state index in [1.54, 1.807) is 6.07 Å². The van der Waals surface area contributed by atoms with E-state index in [0.29, 0.717) is 5.56 Å². The number of fused-ring (bicyclic) bond motifs is 1. The summed E-state index contributed by atoms with van der Waals surface area (Å²) in [5, 5.41) is 2.18. The zero-order chi connectivity index (χ0) is 14.8. The van der Waals surface area contributed by atoms with Gasteiger partial charge in [-0.25, -0.2) is 4.79 Å². The Labute approximate surface area is 124 Å². The second kappa shape index (κ2) is 5.41. The van der Waals surface area contributed by atoms with Crippen LogP contribution >= 0.6 is 0 Å². The summed E-state index contributed by atoms with van der Waals surface area (Å²) in [5.74, 6) is -0.309. The fraction of sp³-hybridized carbons (Fsp3) is 0.105. The maximum Gasteiger partial charge on any atom is 0.337 e. The van der Waals surface area contributed by atoms with Crippen LogP contribution in [0.2, 0.25) is 0 Å². The molecule has 0 aliphatic carbocycles. The molecule has 0 amide bonds. The Kier molecular flexibility index (Phi) is 3.44. The van der Waals surface area contributed by atoms with Crippen molar-refractivity contribution in [2.24, 2.45) is 0 Å². The van der Waals surface area contributed by atoms with Crippen molar-refractivity contribution in [3.8, 4) is 11.1 Å². The molecule has 0 aliphatic heterocycles. The Morgan fingerprint density at radius 3 is 2.43 bits per heavy atom. The molecule has 21 heavy (non-hydrogen) atoms. The Morgan fingerprint density at radius 1 is 0.905 bits per heavy atom. The molecule has 0 atom stereocenters. The lowest BCUT2D eigenvalue weighted by Crippen LogP contribution is -2.00. The number of carbonyl (C=O) groups is 1. The maximum absolute atomic E-state index is 11.7. The van der Waals surface area contributed by atoms with Crippen LogP contribution in [0.5, 0.6) is 0 Å². The van der Waals surface area contributed by atoms with Gasteiger partial charge in [0.05, 0.1) is 12.7 Å². The molecule has 0 N–H and O–H groups in total. The van der Waals surface area contributed by atoms with Gasteiger partial charge in [0.2, 0.25) is 0 Å². The first-order chi connectivity index (χ1) is 10.2. The normalized spacial score (nSPS) is 10.6. The van der Waals surface area contributed by atoms with Crippen LogP contribution < -0.4 is 0 Å². The molecule has 0 radical (unpaired) electrons. The Balaban J connectivity index is 2.28. The first-order valence-corrected chi connectivity index (χ1v) is 6.88. The Bertz CT molecular complexity index is 819. The predicted octanol–water partition coefficient (Wildman–Crippen LogP) is 4.60. The fourth-order valence-electron chi connectivity index (χ4n) is 2.63. The van der Waals surface area contributed by atoms with Crippen LogP contribution in [0.3, 0.4) is 0 Å². The Morgan fingerprint density at radius 2 is 1.67 bits per heavy atom. The standard InChI is InChI=1S/C19H16O2/c1-13-6-3-4-8-16(13)17-9-5-7-14-10-11-15(12-18(14)17)19(20)21-2/h3-12H,1-2H3. The highest BCUT2D eigenvalue weighted by atomic mass is 16.5.